The SMILES string of the molecule is [C-]#[N+]CCOP(Oc1cccc(OCc2ccc3ccc(=O)oc3c2)c1)N(C(C)C)C(C)C. The zero-order valence-electron chi connectivity index (χ0n) is 19.4. The number of rotatable bonds is 11. The normalized spacial score (nSPS) is 12.3. The van der Waals surface area contributed by atoms with Crippen molar-refractivity contribution in [3.05, 3.63) is 82.0 Å². The number of benzene rings is 2. The topological polar surface area (TPSA) is 65.5 Å². The third-order valence-electron chi connectivity index (χ3n) is 4.73. The maximum Gasteiger partial charge on any atom is 0.336 e. The molecule has 0 amide bonds. The standard InChI is InChI=1S/C25H29N2O5P/c1-18(2)27(19(3)4)33(30-14-13-26-5)32-23-8-6-7-22(16-23)29-17-20-9-10-21-11-12-25(28)31-24(21)15-20/h6-12,15-16,18-19H,13-14,17H2,1-4H3. The zero-order chi connectivity index (χ0) is 23.8. The van der Waals surface area contributed by atoms with Gasteiger partial charge in [0.1, 0.15) is 30.3 Å². The van der Waals surface area contributed by atoms with Crippen LogP contribution in [0.15, 0.2) is 63.8 Å². The first-order valence-corrected chi connectivity index (χ1v) is 12.0. The van der Waals surface area contributed by atoms with Crippen molar-refractivity contribution < 1.29 is 18.2 Å². The van der Waals surface area contributed by atoms with Gasteiger partial charge >= 0.3 is 14.2 Å². The fraction of sp³-hybridized carbons (Fsp3) is 0.360. The van der Waals surface area contributed by atoms with Crippen molar-refractivity contribution in [3.8, 4) is 11.5 Å². The number of hydrogen-bond acceptors (Lipinski definition) is 6. The minimum Gasteiger partial charge on any atom is -0.489 e. The summed E-state index contributed by atoms with van der Waals surface area (Å²) in [4.78, 5) is 14.8. The Balaban J connectivity index is 1.71. The van der Waals surface area contributed by atoms with Gasteiger partial charge in [-0.3, -0.25) is 0 Å². The Morgan fingerprint density at radius 3 is 2.48 bits per heavy atom. The van der Waals surface area contributed by atoms with Crippen molar-refractivity contribution in [2.24, 2.45) is 0 Å². The van der Waals surface area contributed by atoms with Gasteiger partial charge in [-0.25, -0.2) is 16.0 Å². The summed E-state index contributed by atoms with van der Waals surface area (Å²) in [5.74, 6) is 1.29. The lowest BCUT2D eigenvalue weighted by Crippen LogP contribution is -2.34. The van der Waals surface area contributed by atoms with Crippen molar-refractivity contribution in [3.63, 3.8) is 0 Å². The van der Waals surface area contributed by atoms with Crippen molar-refractivity contribution >= 4 is 19.5 Å². The van der Waals surface area contributed by atoms with E-state index < -0.39 is 8.53 Å². The summed E-state index contributed by atoms with van der Waals surface area (Å²) >= 11 is 0. The second-order valence-electron chi connectivity index (χ2n) is 8.00. The second-order valence-corrected chi connectivity index (χ2v) is 9.38. The number of fused-ring (bicyclic) bond motifs is 1. The third kappa shape index (κ3) is 7.03. The molecule has 0 fully saturated rings. The molecule has 0 aliphatic carbocycles. The fourth-order valence-corrected chi connectivity index (χ4v) is 4.92. The van der Waals surface area contributed by atoms with Crippen LogP contribution in [-0.4, -0.2) is 29.9 Å². The van der Waals surface area contributed by atoms with Gasteiger partial charge in [-0.05, 0) is 57.5 Å². The van der Waals surface area contributed by atoms with Crippen LogP contribution in [0.1, 0.15) is 33.3 Å². The number of ether oxygens (including phenoxy) is 1. The zero-order valence-corrected chi connectivity index (χ0v) is 20.2. The molecule has 0 N–H and O–H groups in total. The smallest absolute Gasteiger partial charge is 0.336 e. The molecule has 0 aliphatic rings. The predicted molar refractivity (Wildman–Crippen MR) is 130 cm³/mol. The van der Waals surface area contributed by atoms with Gasteiger partial charge in [0.2, 0.25) is 6.54 Å². The van der Waals surface area contributed by atoms with E-state index in [0.29, 0.717) is 36.8 Å². The molecule has 2 aromatic carbocycles. The summed E-state index contributed by atoms with van der Waals surface area (Å²) < 4.78 is 25.6. The Hall–Kier alpha value is -2.91. The molecule has 8 heteroatoms. The minimum atomic E-state index is -1.39. The average Bonchev–Trinajstić information content (AvgIpc) is 2.77. The van der Waals surface area contributed by atoms with Crippen LogP contribution in [0, 0.1) is 6.57 Å². The molecule has 3 aromatic rings. The van der Waals surface area contributed by atoms with Crippen LogP contribution < -0.4 is 14.9 Å². The molecule has 0 radical (unpaired) electrons. The summed E-state index contributed by atoms with van der Waals surface area (Å²) in [6.07, 6.45) is 0. The molecule has 174 valence electrons. The lowest BCUT2D eigenvalue weighted by molar-refractivity contribution is 0.222. The Bertz CT molecular complexity index is 1150. The summed E-state index contributed by atoms with van der Waals surface area (Å²) in [5.41, 5.74) is 1.04. The molecule has 0 saturated heterocycles. The van der Waals surface area contributed by atoms with Gasteiger partial charge in [-0.2, -0.15) is 0 Å². The van der Waals surface area contributed by atoms with E-state index in [-0.39, 0.29) is 17.7 Å². The molecule has 0 aliphatic heterocycles. The first kappa shape index (κ1) is 24.7. The second kappa shape index (κ2) is 11.8. The molecular formula is C25H29N2O5P. The monoisotopic (exact) mass is 468 g/mol. The number of nitrogens with zero attached hydrogens (tertiary/aromatic N) is 2. The van der Waals surface area contributed by atoms with Crippen LogP contribution in [0.25, 0.3) is 15.8 Å². The predicted octanol–water partition coefficient (Wildman–Crippen LogP) is 6.03. The van der Waals surface area contributed by atoms with Crippen molar-refractivity contribution in [2.75, 3.05) is 13.2 Å². The highest BCUT2D eigenvalue weighted by molar-refractivity contribution is 7.45. The van der Waals surface area contributed by atoms with E-state index >= 15 is 0 Å². The van der Waals surface area contributed by atoms with Gasteiger partial charge in [0.15, 0.2) is 0 Å². The van der Waals surface area contributed by atoms with Crippen LogP contribution in [0.3, 0.4) is 0 Å². The van der Waals surface area contributed by atoms with Crippen molar-refractivity contribution in [1.82, 2.24) is 4.67 Å². The van der Waals surface area contributed by atoms with Crippen LogP contribution in [0.5, 0.6) is 11.5 Å². The molecule has 0 spiro atoms. The minimum absolute atomic E-state index is 0.219. The highest BCUT2D eigenvalue weighted by Crippen LogP contribution is 2.46. The molecule has 1 unspecified atom stereocenters. The van der Waals surface area contributed by atoms with E-state index in [1.807, 2.05) is 42.5 Å². The van der Waals surface area contributed by atoms with Crippen molar-refractivity contribution in [1.29, 1.82) is 0 Å². The number of hydrogen-bond donors (Lipinski definition) is 0. The van der Waals surface area contributed by atoms with Gasteiger partial charge in [-0.15, -0.1) is 0 Å². The van der Waals surface area contributed by atoms with E-state index in [4.69, 9.17) is 24.8 Å². The van der Waals surface area contributed by atoms with E-state index in [0.717, 1.165) is 10.9 Å². The molecule has 0 saturated carbocycles. The first-order chi connectivity index (χ1) is 15.9. The maximum absolute atomic E-state index is 11.5. The maximum atomic E-state index is 11.5. The van der Waals surface area contributed by atoms with Crippen LogP contribution >= 0.6 is 8.53 Å². The van der Waals surface area contributed by atoms with E-state index in [2.05, 4.69) is 37.2 Å². The van der Waals surface area contributed by atoms with Gasteiger partial charge in [-0.1, -0.05) is 18.2 Å². The third-order valence-corrected chi connectivity index (χ3v) is 6.80. The summed E-state index contributed by atoms with van der Waals surface area (Å²) in [7, 11) is -1.39. The molecule has 3 rings (SSSR count). The van der Waals surface area contributed by atoms with Crippen LogP contribution in [0.2, 0.25) is 0 Å². The molecule has 0 bridgehead atoms. The quantitative estimate of drug-likeness (QED) is 0.148. The van der Waals surface area contributed by atoms with Crippen LogP contribution in [-0.2, 0) is 11.1 Å². The fourth-order valence-electron chi connectivity index (χ4n) is 3.35. The Kier molecular flexibility index (Phi) is 8.85. The van der Waals surface area contributed by atoms with Crippen molar-refractivity contribution in [2.45, 2.75) is 46.4 Å². The highest BCUT2D eigenvalue weighted by Gasteiger charge is 2.29. The lowest BCUT2D eigenvalue weighted by Gasteiger charge is -2.35. The molecule has 33 heavy (non-hydrogen) atoms. The summed E-state index contributed by atoms with van der Waals surface area (Å²) in [5, 5.41) is 0.861. The van der Waals surface area contributed by atoms with Gasteiger partial charge in [0.05, 0.1) is 0 Å². The van der Waals surface area contributed by atoms with Crippen LogP contribution in [0.4, 0.5) is 0 Å². The molecule has 1 atom stereocenters. The van der Waals surface area contributed by atoms with Gasteiger partial charge < -0.3 is 23.0 Å². The summed E-state index contributed by atoms with van der Waals surface area (Å²) in [6.45, 7) is 16.3. The Morgan fingerprint density at radius 1 is 1.03 bits per heavy atom. The van der Waals surface area contributed by atoms with Gasteiger partial charge in [0, 0.05) is 29.6 Å². The molecule has 1 heterocycles. The molecule has 1 aromatic heterocycles. The van der Waals surface area contributed by atoms with Gasteiger partial charge in [0.25, 0.3) is 0 Å². The first-order valence-electron chi connectivity index (χ1n) is 10.9. The average molecular weight is 468 g/mol. The molecular weight excluding hydrogens is 439 g/mol. The van der Waals surface area contributed by atoms with E-state index in [9.17, 15) is 4.79 Å². The highest BCUT2D eigenvalue weighted by atomic mass is 31.2. The lowest BCUT2D eigenvalue weighted by atomic mass is 10.1. The molecule has 7 nitrogen and oxygen atoms in total. The summed E-state index contributed by atoms with van der Waals surface area (Å²) in [6, 6.07) is 16.7. The van der Waals surface area contributed by atoms with E-state index in [1.165, 1.54) is 6.07 Å². The Labute approximate surface area is 195 Å². The van der Waals surface area contributed by atoms with E-state index in [1.54, 1.807) is 6.07 Å². The Morgan fingerprint density at radius 2 is 1.76 bits per heavy atom. The largest absolute Gasteiger partial charge is 0.489 e.